The van der Waals surface area contributed by atoms with Crippen molar-refractivity contribution in [3.8, 4) is 6.07 Å². The number of hydrogen-bond acceptors (Lipinski definition) is 3. The van der Waals surface area contributed by atoms with Crippen molar-refractivity contribution in [1.82, 2.24) is 4.90 Å². The first kappa shape index (κ1) is 15.4. The summed E-state index contributed by atoms with van der Waals surface area (Å²) in [6, 6.07) is 2.26. The number of nitrogens with zero attached hydrogens (tertiary/aromatic N) is 2. The summed E-state index contributed by atoms with van der Waals surface area (Å²) < 4.78 is 0.239. The fourth-order valence-electron chi connectivity index (χ4n) is 2.28. The third kappa shape index (κ3) is 3.20. The second-order valence-corrected chi connectivity index (χ2v) is 7.35. The van der Waals surface area contributed by atoms with Gasteiger partial charge in [-0.3, -0.25) is 4.79 Å². The van der Waals surface area contributed by atoms with Gasteiger partial charge in [-0.15, -0.1) is 0 Å². The Bertz CT molecular complexity index is 342. The lowest BCUT2D eigenvalue weighted by molar-refractivity contribution is -0.139. The van der Waals surface area contributed by atoms with E-state index in [-0.39, 0.29) is 10.7 Å². The molecule has 0 atom stereocenters. The maximum atomic E-state index is 12.6. The van der Waals surface area contributed by atoms with Crippen molar-refractivity contribution in [2.45, 2.75) is 51.7 Å². The molecule has 0 aliphatic carbocycles. The van der Waals surface area contributed by atoms with E-state index in [9.17, 15) is 10.1 Å². The van der Waals surface area contributed by atoms with Crippen molar-refractivity contribution in [3.05, 3.63) is 0 Å². The van der Waals surface area contributed by atoms with Crippen LogP contribution in [0.5, 0.6) is 0 Å². The first-order chi connectivity index (χ1) is 8.40. The van der Waals surface area contributed by atoms with Crippen molar-refractivity contribution in [2.75, 3.05) is 18.8 Å². The summed E-state index contributed by atoms with van der Waals surface area (Å²) in [5.41, 5.74) is -0.806. The maximum Gasteiger partial charge on any atom is 0.243 e. The molecule has 0 unspecified atom stereocenters. The van der Waals surface area contributed by atoms with Gasteiger partial charge in [-0.25, -0.2) is 0 Å². The normalized spacial score (nSPS) is 20.1. The van der Waals surface area contributed by atoms with Gasteiger partial charge in [-0.1, -0.05) is 27.7 Å². The summed E-state index contributed by atoms with van der Waals surface area (Å²) >= 11 is 1.92. The molecule has 3 nitrogen and oxygen atoms in total. The van der Waals surface area contributed by atoms with Gasteiger partial charge in [0.15, 0.2) is 0 Å². The van der Waals surface area contributed by atoms with Crippen molar-refractivity contribution < 1.29 is 4.79 Å². The molecule has 4 heteroatoms. The van der Waals surface area contributed by atoms with Crippen LogP contribution < -0.4 is 0 Å². The molecule has 1 rings (SSSR count). The predicted octanol–water partition coefficient (Wildman–Crippen LogP) is 3.06. The third-order valence-electron chi connectivity index (χ3n) is 3.96. The lowest BCUT2D eigenvalue weighted by Gasteiger charge is -2.30. The van der Waals surface area contributed by atoms with Gasteiger partial charge < -0.3 is 4.90 Å². The zero-order valence-electron chi connectivity index (χ0n) is 12.0. The number of amides is 1. The zero-order chi connectivity index (χ0) is 13.8. The van der Waals surface area contributed by atoms with E-state index >= 15 is 0 Å². The van der Waals surface area contributed by atoms with Crippen molar-refractivity contribution >= 4 is 17.7 Å². The van der Waals surface area contributed by atoms with E-state index in [1.165, 1.54) is 0 Å². The van der Waals surface area contributed by atoms with Gasteiger partial charge in [-0.2, -0.15) is 17.0 Å². The second kappa shape index (κ2) is 5.97. The number of carbonyl (C=O) groups excluding carboxylic acids is 1. The first-order valence-corrected chi connectivity index (χ1v) is 7.74. The molecule has 0 aromatic rings. The summed E-state index contributed by atoms with van der Waals surface area (Å²) in [5.74, 6) is 1.00. The Morgan fingerprint density at radius 1 is 1.39 bits per heavy atom. The molecular formula is C14H24N2OS. The van der Waals surface area contributed by atoms with E-state index in [1.807, 2.05) is 30.5 Å². The Labute approximate surface area is 115 Å². The number of carbonyl (C=O) groups is 1. The molecule has 0 aromatic carbocycles. The zero-order valence-corrected chi connectivity index (χ0v) is 12.8. The number of thioether (sulfide) groups is 1. The maximum absolute atomic E-state index is 12.6. The molecule has 1 aliphatic heterocycles. The smallest absolute Gasteiger partial charge is 0.243 e. The fraction of sp³-hybridized carbons (Fsp3) is 0.857. The quantitative estimate of drug-likeness (QED) is 0.790. The van der Waals surface area contributed by atoms with Crippen molar-refractivity contribution in [3.63, 3.8) is 0 Å². The molecule has 0 aromatic heterocycles. The minimum atomic E-state index is -0.806. The molecular weight excluding hydrogens is 244 g/mol. The Hall–Kier alpha value is -0.690. The standard InChI is InChI=1S/C14H24N2OS/c1-5-14(6-2,11-15)12(17)16-8-7-13(3,4)18-10-9-16/h5-10H2,1-4H3. The summed E-state index contributed by atoms with van der Waals surface area (Å²) in [6.45, 7) is 9.87. The molecule has 1 fully saturated rings. The van der Waals surface area contributed by atoms with Crippen LogP contribution in [0.1, 0.15) is 47.0 Å². The monoisotopic (exact) mass is 268 g/mol. The summed E-state index contributed by atoms with van der Waals surface area (Å²) in [6.07, 6.45) is 2.20. The molecule has 1 aliphatic rings. The second-order valence-electron chi connectivity index (χ2n) is 5.55. The van der Waals surface area contributed by atoms with E-state index in [2.05, 4.69) is 19.9 Å². The van der Waals surface area contributed by atoms with Crippen LogP contribution in [0.4, 0.5) is 0 Å². The molecule has 0 bridgehead atoms. The van der Waals surface area contributed by atoms with Gasteiger partial charge in [0, 0.05) is 23.6 Å². The highest BCUT2D eigenvalue weighted by molar-refractivity contribution is 8.00. The van der Waals surface area contributed by atoms with E-state index in [1.54, 1.807) is 0 Å². The molecule has 1 saturated heterocycles. The molecule has 18 heavy (non-hydrogen) atoms. The van der Waals surface area contributed by atoms with Crippen LogP contribution in [0.15, 0.2) is 0 Å². The predicted molar refractivity (Wildman–Crippen MR) is 76.4 cm³/mol. The minimum absolute atomic E-state index is 0.0355. The van der Waals surface area contributed by atoms with Crippen molar-refractivity contribution in [1.29, 1.82) is 5.26 Å². The summed E-state index contributed by atoms with van der Waals surface area (Å²) in [4.78, 5) is 14.5. The molecule has 1 amide bonds. The molecule has 102 valence electrons. The average molecular weight is 268 g/mol. The van der Waals surface area contributed by atoms with E-state index in [4.69, 9.17) is 0 Å². The highest BCUT2D eigenvalue weighted by Gasteiger charge is 2.39. The first-order valence-electron chi connectivity index (χ1n) is 6.75. The van der Waals surface area contributed by atoms with E-state index in [0.29, 0.717) is 12.8 Å². The molecule has 0 spiro atoms. The van der Waals surface area contributed by atoms with Crippen LogP contribution in [0.2, 0.25) is 0 Å². The van der Waals surface area contributed by atoms with Gasteiger partial charge in [-0.05, 0) is 19.3 Å². The van der Waals surface area contributed by atoms with Gasteiger partial charge in [0.1, 0.15) is 5.41 Å². The number of rotatable bonds is 3. The largest absolute Gasteiger partial charge is 0.340 e. The lowest BCUT2D eigenvalue weighted by atomic mass is 9.82. The van der Waals surface area contributed by atoms with Crippen LogP contribution in [0.25, 0.3) is 0 Å². The van der Waals surface area contributed by atoms with Crippen LogP contribution >= 0.6 is 11.8 Å². The minimum Gasteiger partial charge on any atom is -0.340 e. The third-order valence-corrected chi connectivity index (χ3v) is 5.33. The van der Waals surface area contributed by atoms with Gasteiger partial charge in [0.05, 0.1) is 6.07 Å². The Kier molecular flexibility index (Phi) is 5.10. The highest BCUT2D eigenvalue weighted by Crippen LogP contribution is 2.34. The van der Waals surface area contributed by atoms with Gasteiger partial charge >= 0.3 is 0 Å². The van der Waals surface area contributed by atoms with E-state index < -0.39 is 5.41 Å². The SMILES string of the molecule is CCC(C#N)(CC)C(=O)N1CCSC(C)(C)CC1. The molecule has 0 radical (unpaired) electrons. The lowest BCUT2D eigenvalue weighted by Crippen LogP contribution is -2.44. The van der Waals surface area contributed by atoms with Gasteiger partial charge in [0.25, 0.3) is 0 Å². The fourth-order valence-corrected chi connectivity index (χ4v) is 3.38. The van der Waals surface area contributed by atoms with Crippen LogP contribution in [0, 0.1) is 16.7 Å². The number of hydrogen-bond donors (Lipinski definition) is 0. The van der Waals surface area contributed by atoms with Crippen LogP contribution in [-0.2, 0) is 4.79 Å². The highest BCUT2D eigenvalue weighted by atomic mass is 32.2. The number of nitriles is 1. The Balaban J connectivity index is 2.81. The van der Waals surface area contributed by atoms with Crippen molar-refractivity contribution in [2.24, 2.45) is 5.41 Å². The Morgan fingerprint density at radius 3 is 2.50 bits per heavy atom. The van der Waals surface area contributed by atoms with Crippen LogP contribution in [0.3, 0.4) is 0 Å². The molecule has 1 heterocycles. The van der Waals surface area contributed by atoms with E-state index in [0.717, 1.165) is 25.3 Å². The average Bonchev–Trinajstić information content (AvgIpc) is 2.53. The topological polar surface area (TPSA) is 44.1 Å². The Morgan fingerprint density at radius 2 is 2.00 bits per heavy atom. The van der Waals surface area contributed by atoms with Crippen LogP contribution in [-0.4, -0.2) is 34.4 Å². The summed E-state index contributed by atoms with van der Waals surface area (Å²) in [5, 5.41) is 9.35. The van der Waals surface area contributed by atoms with Gasteiger partial charge in [0.2, 0.25) is 5.91 Å². The molecule has 0 saturated carbocycles. The summed E-state index contributed by atoms with van der Waals surface area (Å²) in [7, 11) is 0. The molecule has 0 N–H and O–H groups in total.